The highest BCUT2D eigenvalue weighted by atomic mass is 16.5. The van der Waals surface area contributed by atoms with Crippen molar-refractivity contribution in [3.05, 3.63) is 42.0 Å². The smallest absolute Gasteiger partial charge is 0.200 e. The van der Waals surface area contributed by atoms with Crippen LogP contribution in [0.15, 0.2) is 36.4 Å². The first-order valence-electron chi connectivity index (χ1n) is 7.90. The van der Waals surface area contributed by atoms with E-state index >= 15 is 0 Å². The normalized spacial score (nSPS) is 15.7. The summed E-state index contributed by atoms with van der Waals surface area (Å²) in [6, 6.07) is 11.8. The quantitative estimate of drug-likeness (QED) is 0.799. The Kier molecular flexibility index (Phi) is 4.23. The third kappa shape index (κ3) is 2.63. The van der Waals surface area contributed by atoms with Crippen LogP contribution in [0.1, 0.15) is 43.6 Å². The van der Waals surface area contributed by atoms with Crippen molar-refractivity contribution in [1.82, 2.24) is 0 Å². The average molecular weight is 298 g/mol. The van der Waals surface area contributed by atoms with Gasteiger partial charge in [-0.1, -0.05) is 49.6 Å². The molecule has 2 aromatic carbocycles. The number of methoxy groups -OCH3 is 1. The Hall–Kier alpha value is -2.16. The molecule has 0 amide bonds. The van der Waals surface area contributed by atoms with Crippen molar-refractivity contribution in [1.29, 1.82) is 0 Å². The molecule has 1 aliphatic carbocycles. The van der Waals surface area contributed by atoms with Crippen LogP contribution in [0.3, 0.4) is 0 Å². The van der Waals surface area contributed by atoms with Crippen LogP contribution in [0, 0.1) is 0 Å². The zero-order valence-corrected chi connectivity index (χ0v) is 12.9. The highest BCUT2D eigenvalue weighted by Crippen LogP contribution is 2.49. The molecular weight excluding hydrogens is 276 g/mol. The minimum Gasteiger partial charge on any atom is -0.504 e. The average Bonchev–Trinajstić information content (AvgIpc) is 2.58. The van der Waals surface area contributed by atoms with E-state index in [1.54, 1.807) is 0 Å². The van der Waals surface area contributed by atoms with Crippen LogP contribution in [0.25, 0.3) is 11.1 Å². The summed E-state index contributed by atoms with van der Waals surface area (Å²) < 4.78 is 5.22. The van der Waals surface area contributed by atoms with Crippen LogP contribution in [-0.4, -0.2) is 17.3 Å². The van der Waals surface area contributed by atoms with Crippen molar-refractivity contribution in [3.63, 3.8) is 0 Å². The summed E-state index contributed by atoms with van der Waals surface area (Å²) in [6.07, 6.45) is 5.70. The van der Waals surface area contributed by atoms with E-state index in [-0.39, 0.29) is 11.5 Å². The molecule has 22 heavy (non-hydrogen) atoms. The zero-order chi connectivity index (χ0) is 15.5. The molecule has 0 spiro atoms. The first kappa shape index (κ1) is 14.8. The molecule has 0 unspecified atom stereocenters. The number of benzene rings is 2. The summed E-state index contributed by atoms with van der Waals surface area (Å²) in [7, 11) is 1.50. The number of rotatable bonds is 3. The van der Waals surface area contributed by atoms with Crippen molar-refractivity contribution < 1.29 is 14.9 Å². The van der Waals surface area contributed by atoms with Gasteiger partial charge in [-0.15, -0.1) is 0 Å². The molecule has 2 N–H and O–H groups in total. The van der Waals surface area contributed by atoms with E-state index in [4.69, 9.17) is 4.74 Å². The predicted octanol–water partition coefficient (Wildman–Crippen LogP) is 4.82. The van der Waals surface area contributed by atoms with Gasteiger partial charge in [0.2, 0.25) is 5.75 Å². The van der Waals surface area contributed by atoms with Crippen molar-refractivity contribution in [2.45, 2.75) is 38.0 Å². The van der Waals surface area contributed by atoms with Gasteiger partial charge < -0.3 is 14.9 Å². The Morgan fingerprint density at radius 2 is 1.64 bits per heavy atom. The molecule has 1 aliphatic rings. The largest absolute Gasteiger partial charge is 0.504 e. The monoisotopic (exact) mass is 298 g/mol. The molecule has 0 saturated heterocycles. The van der Waals surface area contributed by atoms with Crippen LogP contribution in [-0.2, 0) is 0 Å². The molecule has 1 fully saturated rings. The van der Waals surface area contributed by atoms with E-state index < -0.39 is 0 Å². The SMILES string of the molecule is COc1cc(-c2ccccc2)c(C2CCCCC2)c(O)c1O. The van der Waals surface area contributed by atoms with Crippen LogP contribution in [0.4, 0.5) is 0 Å². The van der Waals surface area contributed by atoms with Gasteiger partial charge in [-0.25, -0.2) is 0 Å². The molecule has 0 bridgehead atoms. The van der Waals surface area contributed by atoms with Crippen molar-refractivity contribution >= 4 is 0 Å². The fraction of sp³-hybridized carbons (Fsp3) is 0.368. The lowest BCUT2D eigenvalue weighted by molar-refractivity contribution is 0.343. The van der Waals surface area contributed by atoms with E-state index in [9.17, 15) is 10.2 Å². The standard InChI is InChI=1S/C19H22O3/c1-22-16-12-15(13-8-4-2-5-9-13)17(19(21)18(16)20)14-10-6-3-7-11-14/h2,4-5,8-9,12,14,20-21H,3,6-7,10-11H2,1H3. The molecule has 1 saturated carbocycles. The minimum atomic E-state index is -0.150. The zero-order valence-electron chi connectivity index (χ0n) is 12.9. The number of hydrogen-bond acceptors (Lipinski definition) is 3. The fourth-order valence-corrected chi connectivity index (χ4v) is 3.47. The molecule has 116 valence electrons. The van der Waals surface area contributed by atoms with E-state index in [1.807, 2.05) is 36.4 Å². The molecule has 0 aliphatic heterocycles. The number of phenols is 2. The lowest BCUT2D eigenvalue weighted by Crippen LogP contribution is -2.07. The van der Waals surface area contributed by atoms with Gasteiger partial charge in [0, 0.05) is 5.56 Å². The number of ether oxygens (including phenoxy) is 1. The van der Waals surface area contributed by atoms with E-state index in [0.717, 1.165) is 29.5 Å². The first-order chi connectivity index (χ1) is 10.7. The fourth-order valence-electron chi connectivity index (χ4n) is 3.47. The molecule has 0 aromatic heterocycles. The minimum absolute atomic E-state index is 0.0231. The number of hydrogen-bond donors (Lipinski definition) is 2. The van der Waals surface area contributed by atoms with Gasteiger partial charge in [0.05, 0.1) is 7.11 Å². The van der Waals surface area contributed by atoms with Crippen LogP contribution in [0.5, 0.6) is 17.2 Å². The van der Waals surface area contributed by atoms with E-state index in [2.05, 4.69) is 0 Å². The highest BCUT2D eigenvalue weighted by Gasteiger charge is 2.26. The van der Waals surface area contributed by atoms with Gasteiger partial charge in [0.25, 0.3) is 0 Å². The maximum absolute atomic E-state index is 10.6. The van der Waals surface area contributed by atoms with Gasteiger partial charge in [-0.2, -0.15) is 0 Å². The first-order valence-corrected chi connectivity index (χ1v) is 7.90. The van der Waals surface area contributed by atoms with Crippen LogP contribution < -0.4 is 4.74 Å². The molecule has 0 heterocycles. The second-order valence-electron chi connectivity index (χ2n) is 5.94. The lowest BCUT2D eigenvalue weighted by Gasteiger charge is -2.26. The highest BCUT2D eigenvalue weighted by molar-refractivity contribution is 5.76. The molecule has 0 atom stereocenters. The molecule has 3 nitrogen and oxygen atoms in total. The van der Waals surface area contributed by atoms with Crippen molar-refractivity contribution in [2.75, 3.05) is 7.11 Å². The van der Waals surface area contributed by atoms with Gasteiger partial charge >= 0.3 is 0 Å². The third-order valence-electron chi connectivity index (χ3n) is 4.60. The summed E-state index contributed by atoms with van der Waals surface area (Å²) in [5.41, 5.74) is 2.86. The van der Waals surface area contributed by atoms with Gasteiger partial charge in [-0.3, -0.25) is 0 Å². The Balaban J connectivity index is 2.19. The second-order valence-corrected chi connectivity index (χ2v) is 5.94. The Labute approximate surface area is 131 Å². The van der Waals surface area contributed by atoms with Crippen molar-refractivity contribution in [2.24, 2.45) is 0 Å². The van der Waals surface area contributed by atoms with Gasteiger partial charge in [-0.05, 0) is 36.0 Å². The maximum atomic E-state index is 10.6. The summed E-state index contributed by atoms with van der Waals surface area (Å²) in [6.45, 7) is 0. The van der Waals surface area contributed by atoms with Crippen LogP contribution >= 0.6 is 0 Å². The van der Waals surface area contributed by atoms with Crippen molar-refractivity contribution in [3.8, 4) is 28.4 Å². The summed E-state index contributed by atoms with van der Waals surface area (Å²) in [4.78, 5) is 0. The summed E-state index contributed by atoms with van der Waals surface area (Å²) in [5, 5.41) is 20.8. The molecule has 0 radical (unpaired) electrons. The van der Waals surface area contributed by atoms with Gasteiger partial charge in [0.1, 0.15) is 0 Å². The molecule has 2 aromatic rings. The number of phenolic OH excluding ortho intramolecular Hbond substituents is 2. The predicted molar refractivity (Wildman–Crippen MR) is 87.6 cm³/mol. The van der Waals surface area contributed by atoms with Crippen LogP contribution in [0.2, 0.25) is 0 Å². The van der Waals surface area contributed by atoms with Gasteiger partial charge in [0.15, 0.2) is 11.5 Å². The van der Waals surface area contributed by atoms with E-state index in [0.29, 0.717) is 11.7 Å². The second kappa shape index (κ2) is 6.30. The third-order valence-corrected chi connectivity index (χ3v) is 4.60. The Bertz CT molecular complexity index is 643. The summed E-state index contributed by atoms with van der Waals surface area (Å²) in [5.74, 6) is 0.435. The topological polar surface area (TPSA) is 49.7 Å². The summed E-state index contributed by atoms with van der Waals surface area (Å²) >= 11 is 0. The Morgan fingerprint density at radius 1 is 0.955 bits per heavy atom. The maximum Gasteiger partial charge on any atom is 0.200 e. The molecular formula is C19H22O3. The molecule has 3 rings (SSSR count). The molecule has 3 heteroatoms. The Morgan fingerprint density at radius 3 is 2.27 bits per heavy atom. The number of aromatic hydroxyl groups is 2. The van der Waals surface area contributed by atoms with E-state index in [1.165, 1.54) is 26.4 Å². The lowest BCUT2D eigenvalue weighted by atomic mass is 9.80.